The number of nitrogens with zero attached hydrogens (tertiary/aromatic N) is 1. The third kappa shape index (κ3) is 2.15. The molecule has 17 heavy (non-hydrogen) atoms. The molecule has 1 aliphatic rings. The van der Waals surface area contributed by atoms with Gasteiger partial charge in [-0.1, -0.05) is 0 Å². The van der Waals surface area contributed by atoms with Crippen LogP contribution in [0.5, 0.6) is 0 Å². The van der Waals surface area contributed by atoms with E-state index in [9.17, 15) is 4.79 Å². The molecule has 4 N–H and O–H groups in total. The standard InChI is InChI=1S/C11H14BrN3O2/c1-15(2-3-16)9-5-8-6(4-7(9)12)10(13)11(17)14-8/h4-5,10,16H,2-3,13H2,1H3,(H,14,17). The lowest BCUT2D eigenvalue weighted by Crippen LogP contribution is -2.21. The topological polar surface area (TPSA) is 78.6 Å². The average molecular weight is 300 g/mol. The first-order chi connectivity index (χ1) is 8.04. The Kier molecular flexibility index (Phi) is 3.37. The fourth-order valence-corrected chi connectivity index (χ4v) is 2.52. The molecule has 2 rings (SSSR count). The summed E-state index contributed by atoms with van der Waals surface area (Å²) in [4.78, 5) is 13.3. The Labute approximate surface area is 108 Å². The van der Waals surface area contributed by atoms with E-state index in [0.717, 1.165) is 21.4 Å². The van der Waals surface area contributed by atoms with Crippen LogP contribution in [0.4, 0.5) is 11.4 Å². The van der Waals surface area contributed by atoms with Crippen LogP contribution in [-0.4, -0.2) is 31.2 Å². The van der Waals surface area contributed by atoms with E-state index in [0.29, 0.717) is 6.54 Å². The van der Waals surface area contributed by atoms with Crippen molar-refractivity contribution in [2.45, 2.75) is 6.04 Å². The molecule has 0 radical (unpaired) electrons. The van der Waals surface area contributed by atoms with Crippen LogP contribution in [0.1, 0.15) is 11.6 Å². The summed E-state index contributed by atoms with van der Waals surface area (Å²) in [5, 5.41) is 11.7. The number of likely N-dealkylation sites (N-methyl/N-ethyl adjacent to an activating group) is 1. The van der Waals surface area contributed by atoms with Crippen molar-refractivity contribution in [3.8, 4) is 0 Å². The van der Waals surface area contributed by atoms with Crippen LogP contribution in [0.25, 0.3) is 0 Å². The van der Waals surface area contributed by atoms with Crippen LogP contribution in [0.2, 0.25) is 0 Å². The second kappa shape index (κ2) is 4.64. The number of hydrogen-bond acceptors (Lipinski definition) is 4. The van der Waals surface area contributed by atoms with Crippen molar-refractivity contribution in [2.24, 2.45) is 5.73 Å². The van der Waals surface area contributed by atoms with E-state index in [1.165, 1.54) is 0 Å². The molecule has 1 aromatic carbocycles. The molecule has 0 aliphatic carbocycles. The minimum absolute atomic E-state index is 0.0753. The van der Waals surface area contributed by atoms with Crippen molar-refractivity contribution in [3.05, 3.63) is 22.2 Å². The van der Waals surface area contributed by atoms with Crippen molar-refractivity contribution in [2.75, 3.05) is 30.4 Å². The number of rotatable bonds is 3. The number of nitrogens with two attached hydrogens (primary N) is 1. The number of nitrogens with one attached hydrogen (secondary N) is 1. The number of anilines is 2. The molecule has 0 saturated heterocycles. The number of amides is 1. The summed E-state index contributed by atoms with van der Waals surface area (Å²) < 4.78 is 0.860. The van der Waals surface area contributed by atoms with E-state index in [4.69, 9.17) is 10.8 Å². The number of aliphatic hydroxyl groups excluding tert-OH is 1. The predicted molar refractivity (Wildman–Crippen MR) is 70.1 cm³/mol. The highest BCUT2D eigenvalue weighted by Gasteiger charge is 2.28. The zero-order valence-corrected chi connectivity index (χ0v) is 11.0. The Balaban J connectivity index is 2.39. The van der Waals surface area contributed by atoms with Crippen LogP contribution >= 0.6 is 15.9 Å². The molecule has 1 aromatic rings. The third-order valence-electron chi connectivity index (χ3n) is 2.84. The van der Waals surface area contributed by atoms with E-state index in [1.807, 2.05) is 24.1 Å². The Bertz CT molecular complexity index is 464. The lowest BCUT2D eigenvalue weighted by Gasteiger charge is -2.20. The molecular formula is C11H14BrN3O2. The number of benzene rings is 1. The van der Waals surface area contributed by atoms with Crippen molar-refractivity contribution in [1.82, 2.24) is 0 Å². The first-order valence-corrected chi connectivity index (χ1v) is 6.05. The van der Waals surface area contributed by atoms with Crippen molar-refractivity contribution in [3.63, 3.8) is 0 Å². The smallest absolute Gasteiger partial charge is 0.245 e. The van der Waals surface area contributed by atoms with Crippen LogP contribution in [-0.2, 0) is 4.79 Å². The van der Waals surface area contributed by atoms with Gasteiger partial charge in [0.15, 0.2) is 0 Å². The Morgan fingerprint density at radius 1 is 1.59 bits per heavy atom. The van der Waals surface area contributed by atoms with Gasteiger partial charge in [0.25, 0.3) is 0 Å². The van der Waals surface area contributed by atoms with Crippen LogP contribution in [0, 0.1) is 0 Å². The van der Waals surface area contributed by atoms with Gasteiger partial charge in [-0.05, 0) is 28.1 Å². The Morgan fingerprint density at radius 2 is 2.29 bits per heavy atom. The largest absolute Gasteiger partial charge is 0.395 e. The van der Waals surface area contributed by atoms with Gasteiger partial charge in [-0.15, -0.1) is 0 Å². The first-order valence-electron chi connectivity index (χ1n) is 5.26. The summed E-state index contributed by atoms with van der Waals surface area (Å²) in [6.07, 6.45) is 0. The molecule has 6 heteroatoms. The molecule has 1 atom stereocenters. The highest BCUT2D eigenvalue weighted by molar-refractivity contribution is 9.10. The van der Waals surface area contributed by atoms with E-state index < -0.39 is 6.04 Å². The summed E-state index contributed by atoms with van der Waals surface area (Å²) >= 11 is 3.45. The molecule has 0 saturated carbocycles. The zero-order valence-electron chi connectivity index (χ0n) is 9.40. The number of fused-ring (bicyclic) bond motifs is 1. The lowest BCUT2D eigenvalue weighted by atomic mass is 10.1. The average Bonchev–Trinajstić information content (AvgIpc) is 2.55. The lowest BCUT2D eigenvalue weighted by molar-refractivity contribution is -0.116. The zero-order chi connectivity index (χ0) is 12.6. The quantitative estimate of drug-likeness (QED) is 0.772. The van der Waals surface area contributed by atoms with Gasteiger partial charge in [-0.2, -0.15) is 0 Å². The van der Waals surface area contributed by atoms with Gasteiger partial charge >= 0.3 is 0 Å². The first kappa shape index (κ1) is 12.3. The monoisotopic (exact) mass is 299 g/mol. The van der Waals surface area contributed by atoms with Crippen LogP contribution < -0.4 is 16.0 Å². The van der Waals surface area contributed by atoms with Crippen molar-refractivity contribution < 1.29 is 9.90 Å². The van der Waals surface area contributed by atoms with E-state index in [2.05, 4.69) is 21.2 Å². The summed E-state index contributed by atoms with van der Waals surface area (Å²) in [6, 6.07) is 3.11. The fourth-order valence-electron chi connectivity index (χ4n) is 1.86. The van der Waals surface area contributed by atoms with Crippen LogP contribution in [0.15, 0.2) is 16.6 Å². The molecule has 0 aromatic heterocycles. The number of carbonyl (C=O) groups excluding carboxylic acids is 1. The van der Waals surface area contributed by atoms with Gasteiger partial charge in [0.05, 0.1) is 12.3 Å². The Hall–Kier alpha value is -1.11. The summed E-state index contributed by atoms with van der Waals surface area (Å²) in [5.74, 6) is -0.186. The molecule has 0 bridgehead atoms. The normalized spacial score (nSPS) is 17.9. The predicted octanol–water partition coefficient (Wildman–Crippen LogP) is 0.829. The number of hydrogen-bond donors (Lipinski definition) is 3. The SMILES string of the molecule is CN(CCO)c1cc2c(cc1Br)C(N)C(=O)N2. The summed E-state index contributed by atoms with van der Waals surface area (Å²) in [5.41, 5.74) is 8.20. The maximum absolute atomic E-state index is 11.4. The maximum Gasteiger partial charge on any atom is 0.245 e. The molecule has 1 amide bonds. The van der Waals surface area contributed by atoms with Gasteiger partial charge < -0.3 is 21.1 Å². The minimum Gasteiger partial charge on any atom is -0.395 e. The maximum atomic E-state index is 11.4. The van der Waals surface area contributed by atoms with Crippen LogP contribution in [0.3, 0.4) is 0 Å². The second-order valence-corrected chi connectivity index (χ2v) is 4.86. The van der Waals surface area contributed by atoms with Gasteiger partial charge in [0, 0.05) is 29.3 Å². The molecule has 5 nitrogen and oxygen atoms in total. The van der Waals surface area contributed by atoms with Gasteiger partial charge in [0.2, 0.25) is 5.91 Å². The van der Waals surface area contributed by atoms with Crippen molar-refractivity contribution in [1.29, 1.82) is 0 Å². The summed E-state index contributed by atoms with van der Waals surface area (Å²) in [6.45, 7) is 0.600. The minimum atomic E-state index is -0.599. The summed E-state index contributed by atoms with van der Waals surface area (Å²) in [7, 11) is 1.87. The van der Waals surface area contributed by atoms with Gasteiger partial charge in [-0.3, -0.25) is 4.79 Å². The molecule has 0 fully saturated rings. The van der Waals surface area contributed by atoms with Gasteiger partial charge in [-0.25, -0.2) is 0 Å². The molecule has 1 aliphatic heterocycles. The molecule has 1 heterocycles. The number of carbonyl (C=O) groups is 1. The third-order valence-corrected chi connectivity index (χ3v) is 3.48. The van der Waals surface area contributed by atoms with E-state index >= 15 is 0 Å². The number of aliphatic hydroxyl groups is 1. The van der Waals surface area contributed by atoms with E-state index in [-0.39, 0.29) is 12.5 Å². The van der Waals surface area contributed by atoms with E-state index in [1.54, 1.807) is 0 Å². The van der Waals surface area contributed by atoms with Crippen molar-refractivity contribution >= 4 is 33.2 Å². The number of halogens is 1. The highest BCUT2D eigenvalue weighted by Crippen LogP contribution is 2.37. The fraction of sp³-hybridized carbons (Fsp3) is 0.364. The molecular weight excluding hydrogens is 286 g/mol. The highest BCUT2D eigenvalue weighted by atomic mass is 79.9. The molecule has 0 spiro atoms. The Morgan fingerprint density at radius 3 is 2.94 bits per heavy atom. The molecule has 1 unspecified atom stereocenters. The molecule has 92 valence electrons. The second-order valence-electron chi connectivity index (χ2n) is 4.00. The van der Waals surface area contributed by atoms with Gasteiger partial charge in [0.1, 0.15) is 6.04 Å².